The minimum Gasteiger partial charge on any atom is -0.305 e. The number of rotatable bonds is 3. The van der Waals surface area contributed by atoms with Crippen molar-refractivity contribution in [1.29, 1.82) is 0 Å². The van der Waals surface area contributed by atoms with Gasteiger partial charge in [0.05, 0.1) is 22.2 Å². The topological polar surface area (TPSA) is 84.7 Å². The van der Waals surface area contributed by atoms with Gasteiger partial charge in [-0.2, -0.15) is 17.8 Å². The maximum absolute atomic E-state index is 13.5. The molecule has 2 heterocycles. The van der Waals surface area contributed by atoms with Crippen molar-refractivity contribution in [3.63, 3.8) is 0 Å². The monoisotopic (exact) mass is 371 g/mol. The molecule has 25 heavy (non-hydrogen) atoms. The number of hydrogen-bond donors (Lipinski definition) is 2. The first-order chi connectivity index (χ1) is 11.7. The van der Waals surface area contributed by atoms with Gasteiger partial charge in [-0.05, 0) is 31.0 Å². The lowest BCUT2D eigenvalue weighted by molar-refractivity contribution is -0.137. The predicted molar refractivity (Wildman–Crippen MR) is 88.6 cm³/mol. The van der Waals surface area contributed by atoms with Crippen LogP contribution in [-0.4, -0.2) is 25.5 Å². The van der Waals surface area contributed by atoms with Gasteiger partial charge in [0.25, 0.3) is 5.56 Å². The van der Waals surface area contributed by atoms with Crippen molar-refractivity contribution >= 4 is 22.9 Å². The fraction of sp³-hybridized carbons (Fsp3) is 0.214. The van der Waals surface area contributed by atoms with E-state index in [9.17, 15) is 22.8 Å². The zero-order valence-electron chi connectivity index (χ0n) is 13.0. The Labute approximate surface area is 142 Å². The molecule has 0 amide bonds. The maximum atomic E-state index is 13.5. The Morgan fingerprint density at radius 1 is 1.28 bits per heavy atom. The number of nitrogens with zero attached hydrogens (tertiary/aromatic N) is 3. The lowest BCUT2D eigenvalue weighted by Crippen LogP contribution is -2.39. The van der Waals surface area contributed by atoms with E-state index in [0.717, 1.165) is 24.1 Å². The van der Waals surface area contributed by atoms with Crippen LogP contribution in [-0.2, 0) is 6.18 Å². The molecule has 0 spiro atoms. The normalized spacial score (nSPS) is 11.9. The summed E-state index contributed by atoms with van der Waals surface area (Å²) >= 11 is 1.00. The number of H-pyrrole nitrogens is 1. The van der Waals surface area contributed by atoms with Crippen LogP contribution < -0.4 is 16.1 Å². The average molecular weight is 371 g/mol. The van der Waals surface area contributed by atoms with E-state index in [0.29, 0.717) is 10.5 Å². The van der Waals surface area contributed by atoms with Crippen LogP contribution in [0.4, 0.5) is 13.2 Å². The van der Waals surface area contributed by atoms with E-state index < -0.39 is 23.0 Å². The summed E-state index contributed by atoms with van der Waals surface area (Å²) in [5.41, 5.74) is -3.02. The Balaban J connectivity index is 2.43. The number of hydrogen-bond acceptors (Lipinski definition) is 5. The van der Waals surface area contributed by atoms with Crippen LogP contribution in [0, 0.1) is 6.92 Å². The highest BCUT2D eigenvalue weighted by Gasteiger charge is 2.35. The molecule has 1 aromatic carbocycles. The molecule has 0 bridgehead atoms. The zero-order chi connectivity index (χ0) is 18.4. The minimum absolute atomic E-state index is 0.0581. The Hall–Kier alpha value is -2.69. The molecule has 7 nitrogen and oxygen atoms in total. The molecule has 2 N–H and O–H groups in total. The number of aryl methyl sites for hydroxylation is 1. The van der Waals surface area contributed by atoms with Crippen LogP contribution in [0.3, 0.4) is 0 Å². The Kier molecular flexibility index (Phi) is 4.11. The van der Waals surface area contributed by atoms with Crippen molar-refractivity contribution < 1.29 is 13.2 Å². The summed E-state index contributed by atoms with van der Waals surface area (Å²) in [5.74, 6) is 0.330. The number of benzene rings is 1. The lowest BCUT2D eigenvalue weighted by Gasteiger charge is -2.16. The highest BCUT2D eigenvalue weighted by molar-refractivity contribution is 7.99. The van der Waals surface area contributed by atoms with E-state index in [1.54, 1.807) is 13.2 Å². The summed E-state index contributed by atoms with van der Waals surface area (Å²) in [6.07, 6.45) is -0.344. The summed E-state index contributed by atoms with van der Waals surface area (Å²) in [5, 5.41) is -0.0581. The fourth-order valence-electron chi connectivity index (χ4n) is 2.49. The van der Waals surface area contributed by atoms with Crippen molar-refractivity contribution in [3.05, 3.63) is 56.8 Å². The van der Waals surface area contributed by atoms with E-state index in [-0.39, 0.29) is 16.6 Å². The van der Waals surface area contributed by atoms with Crippen molar-refractivity contribution in [3.8, 4) is 5.69 Å². The largest absolute Gasteiger partial charge is 0.418 e. The number of aromatic nitrogens is 4. The Bertz CT molecular complexity index is 1070. The number of imidazole rings is 1. The third-order valence-electron chi connectivity index (χ3n) is 3.59. The molecule has 0 saturated heterocycles. The molecule has 0 aliphatic heterocycles. The molecule has 3 aromatic rings. The summed E-state index contributed by atoms with van der Waals surface area (Å²) in [7, 11) is 0. The summed E-state index contributed by atoms with van der Waals surface area (Å²) in [6.45, 7) is 1.55. The second kappa shape index (κ2) is 5.99. The third-order valence-corrected chi connectivity index (χ3v) is 3.95. The minimum atomic E-state index is -4.68. The SMILES string of the molecule is CSNn1c(=O)[nH]c2cc(C(F)(F)F)c(-n3ccnc3C)cc2c1=O. The van der Waals surface area contributed by atoms with Gasteiger partial charge < -0.3 is 9.55 Å². The van der Waals surface area contributed by atoms with Gasteiger partial charge in [-0.3, -0.25) is 9.63 Å². The van der Waals surface area contributed by atoms with Crippen molar-refractivity contribution in [2.45, 2.75) is 13.1 Å². The molecule has 0 fully saturated rings. The van der Waals surface area contributed by atoms with Gasteiger partial charge in [0.1, 0.15) is 5.82 Å². The molecule has 0 aliphatic rings. The number of aromatic amines is 1. The molecular formula is C14H12F3N5O2S. The number of halogens is 3. The van der Waals surface area contributed by atoms with Crippen LogP contribution in [0.5, 0.6) is 0 Å². The molecule has 0 radical (unpaired) electrons. The van der Waals surface area contributed by atoms with Gasteiger partial charge in [0, 0.05) is 18.6 Å². The molecular weight excluding hydrogens is 359 g/mol. The van der Waals surface area contributed by atoms with Crippen LogP contribution in [0.25, 0.3) is 16.6 Å². The van der Waals surface area contributed by atoms with E-state index in [1.165, 1.54) is 17.0 Å². The highest BCUT2D eigenvalue weighted by Crippen LogP contribution is 2.35. The number of fused-ring (bicyclic) bond motifs is 1. The van der Waals surface area contributed by atoms with Gasteiger partial charge in [-0.1, -0.05) is 0 Å². The summed E-state index contributed by atoms with van der Waals surface area (Å²) < 4.78 is 42.4. The summed E-state index contributed by atoms with van der Waals surface area (Å²) in [4.78, 5) is 33.1. The van der Waals surface area contributed by atoms with Crippen molar-refractivity contribution in [2.24, 2.45) is 0 Å². The molecule has 11 heteroatoms. The maximum Gasteiger partial charge on any atom is 0.418 e. The Morgan fingerprint density at radius 2 is 2.00 bits per heavy atom. The fourth-order valence-corrected chi connectivity index (χ4v) is 2.83. The molecule has 0 saturated carbocycles. The van der Waals surface area contributed by atoms with Crippen LogP contribution in [0.15, 0.2) is 34.1 Å². The van der Waals surface area contributed by atoms with Gasteiger partial charge in [-0.25, -0.2) is 9.78 Å². The first-order valence-electron chi connectivity index (χ1n) is 6.93. The van der Waals surface area contributed by atoms with Gasteiger partial charge in [-0.15, -0.1) is 0 Å². The zero-order valence-corrected chi connectivity index (χ0v) is 13.8. The van der Waals surface area contributed by atoms with E-state index in [1.807, 2.05) is 0 Å². The van der Waals surface area contributed by atoms with Crippen molar-refractivity contribution in [1.82, 2.24) is 19.2 Å². The van der Waals surface area contributed by atoms with E-state index >= 15 is 0 Å². The van der Waals surface area contributed by atoms with Gasteiger partial charge in [0.2, 0.25) is 0 Å². The van der Waals surface area contributed by atoms with E-state index in [4.69, 9.17) is 0 Å². The standard InChI is InChI=1S/C14H12F3N5O2S/c1-7-18-3-4-21(7)11-5-8-10(6-9(11)14(15,16)17)19-13(24)22(12(8)23)20-25-2/h3-6,20H,1-2H3,(H,19,24). The molecule has 2 aromatic heterocycles. The second-order valence-electron chi connectivity index (χ2n) is 5.12. The summed E-state index contributed by atoms with van der Waals surface area (Å²) in [6, 6.07) is 1.86. The predicted octanol–water partition coefficient (Wildman–Crippen LogP) is 2.02. The lowest BCUT2D eigenvalue weighted by atomic mass is 10.1. The first-order valence-corrected chi connectivity index (χ1v) is 8.16. The third kappa shape index (κ3) is 2.90. The average Bonchev–Trinajstić information content (AvgIpc) is 2.95. The van der Waals surface area contributed by atoms with Crippen LogP contribution in [0.2, 0.25) is 0 Å². The molecule has 3 rings (SSSR count). The Morgan fingerprint density at radius 3 is 2.56 bits per heavy atom. The molecule has 0 unspecified atom stereocenters. The number of nitrogens with one attached hydrogen (secondary N) is 2. The number of alkyl halides is 3. The first kappa shape index (κ1) is 17.1. The van der Waals surface area contributed by atoms with Crippen molar-refractivity contribution in [2.75, 3.05) is 11.1 Å². The highest BCUT2D eigenvalue weighted by atomic mass is 32.2. The molecule has 0 aliphatic carbocycles. The smallest absolute Gasteiger partial charge is 0.305 e. The van der Waals surface area contributed by atoms with Gasteiger partial charge in [0.15, 0.2) is 0 Å². The molecule has 0 atom stereocenters. The molecule has 132 valence electrons. The quantitative estimate of drug-likeness (QED) is 0.688. The van der Waals surface area contributed by atoms with E-state index in [2.05, 4.69) is 14.8 Å². The second-order valence-corrected chi connectivity index (χ2v) is 5.71. The van der Waals surface area contributed by atoms with Crippen LogP contribution >= 0.6 is 11.9 Å². The van der Waals surface area contributed by atoms with Crippen LogP contribution in [0.1, 0.15) is 11.4 Å². The van der Waals surface area contributed by atoms with Gasteiger partial charge >= 0.3 is 11.9 Å².